The molecule has 0 aliphatic heterocycles. The summed E-state index contributed by atoms with van der Waals surface area (Å²) < 4.78 is 0. The zero-order valence-electron chi connectivity index (χ0n) is 18.5. The van der Waals surface area contributed by atoms with E-state index in [1.165, 1.54) is 19.3 Å². The summed E-state index contributed by atoms with van der Waals surface area (Å²) in [6.45, 7) is 6.37. The van der Waals surface area contributed by atoms with Gasteiger partial charge in [0.25, 0.3) is 0 Å². The number of amides is 2. The Kier molecular flexibility index (Phi) is 7.67. The lowest BCUT2D eigenvalue weighted by atomic mass is 9.95. The summed E-state index contributed by atoms with van der Waals surface area (Å²) in [5.74, 6) is -0.0678. The highest BCUT2D eigenvalue weighted by Gasteiger charge is 2.28. The minimum atomic E-state index is -0.509. The van der Waals surface area contributed by atoms with E-state index in [2.05, 4.69) is 23.5 Å². The van der Waals surface area contributed by atoms with Crippen LogP contribution in [0, 0.1) is 13.8 Å². The average Bonchev–Trinajstić information content (AvgIpc) is 2.72. The fraction of sp³-hybridized carbons (Fsp3) is 0.462. The van der Waals surface area contributed by atoms with Crippen LogP contribution in [0.3, 0.4) is 0 Å². The first kappa shape index (κ1) is 22.1. The van der Waals surface area contributed by atoms with E-state index in [4.69, 9.17) is 0 Å². The summed E-state index contributed by atoms with van der Waals surface area (Å²) >= 11 is 0. The van der Waals surface area contributed by atoms with Crippen molar-refractivity contribution in [1.82, 2.24) is 10.2 Å². The molecular weight excluding hydrogens is 372 g/mol. The molecule has 1 N–H and O–H groups in total. The van der Waals surface area contributed by atoms with E-state index in [1.807, 2.05) is 51.1 Å². The lowest BCUT2D eigenvalue weighted by molar-refractivity contribution is -0.140. The molecule has 30 heavy (non-hydrogen) atoms. The molecule has 1 atom stereocenters. The van der Waals surface area contributed by atoms with Crippen LogP contribution < -0.4 is 5.32 Å². The molecule has 1 fully saturated rings. The van der Waals surface area contributed by atoms with Gasteiger partial charge < -0.3 is 10.2 Å². The van der Waals surface area contributed by atoms with Crippen LogP contribution in [0.15, 0.2) is 48.5 Å². The Morgan fingerprint density at radius 2 is 1.60 bits per heavy atom. The Balaban J connectivity index is 1.76. The molecule has 4 nitrogen and oxygen atoms in total. The van der Waals surface area contributed by atoms with E-state index in [1.54, 1.807) is 4.90 Å². The fourth-order valence-electron chi connectivity index (χ4n) is 4.38. The Hall–Kier alpha value is -2.62. The van der Waals surface area contributed by atoms with Crippen molar-refractivity contribution in [3.8, 4) is 0 Å². The van der Waals surface area contributed by atoms with Crippen LogP contribution in [0.4, 0.5) is 0 Å². The van der Waals surface area contributed by atoms with Crippen LogP contribution in [-0.4, -0.2) is 28.8 Å². The summed E-state index contributed by atoms with van der Waals surface area (Å²) in [4.78, 5) is 28.1. The minimum Gasteiger partial charge on any atom is -0.352 e. The van der Waals surface area contributed by atoms with Crippen molar-refractivity contribution in [2.24, 2.45) is 0 Å². The largest absolute Gasteiger partial charge is 0.352 e. The maximum atomic E-state index is 13.3. The van der Waals surface area contributed by atoms with Crippen molar-refractivity contribution in [3.63, 3.8) is 0 Å². The topological polar surface area (TPSA) is 49.4 Å². The van der Waals surface area contributed by atoms with Crippen molar-refractivity contribution in [2.45, 2.75) is 77.9 Å². The summed E-state index contributed by atoms with van der Waals surface area (Å²) in [6, 6.07) is 15.8. The van der Waals surface area contributed by atoms with Crippen LogP contribution in [0.5, 0.6) is 0 Å². The van der Waals surface area contributed by atoms with Gasteiger partial charge in [-0.1, -0.05) is 78.9 Å². The van der Waals surface area contributed by atoms with Gasteiger partial charge >= 0.3 is 0 Å². The molecule has 2 aromatic carbocycles. The molecule has 160 valence electrons. The zero-order valence-corrected chi connectivity index (χ0v) is 18.5. The molecule has 0 saturated heterocycles. The molecule has 1 aliphatic rings. The van der Waals surface area contributed by atoms with Gasteiger partial charge in [-0.3, -0.25) is 9.59 Å². The number of carbonyl (C=O) groups excluding carboxylic acids is 2. The fourth-order valence-corrected chi connectivity index (χ4v) is 4.38. The number of nitrogens with zero attached hydrogens (tertiary/aromatic N) is 1. The molecule has 2 aromatic rings. The normalized spacial score (nSPS) is 15.4. The number of carbonyl (C=O) groups is 2. The monoisotopic (exact) mass is 406 g/mol. The molecule has 0 aromatic heterocycles. The van der Waals surface area contributed by atoms with Gasteiger partial charge in [0.15, 0.2) is 0 Å². The molecule has 0 bridgehead atoms. The van der Waals surface area contributed by atoms with E-state index in [0.29, 0.717) is 13.0 Å². The lowest BCUT2D eigenvalue weighted by Crippen LogP contribution is -2.50. The number of aryl methyl sites for hydroxylation is 2. The quantitative estimate of drug-likeness (QED) is 0.724. The van der Waals surface area contributed by atoms with Gasteiger partial charge in [-0.15, -0.1) is 0 Å². The van der Waals surface area contributed by atoms with Crippen LogP contribution in [0.2, 0.25) is 0 Å². The lowest BCUT2D eigenvalue weighted by Gasteiger charge is -2.31. The molecule has 2 amide bonds. The number of benzene rings is 2. The number of hydrogen-bond acceptors (Lipinski definition) is 2. The van der Waals surface area contributed by atoms with Crippen LogP contribution in [-0.2, 0) is 22.6 Å². The van der Waals surface area contributed by atoms with Crippen molar-refractivity contribution in [2.75, 3.05) is 0 Å². The van der Waals surface area contributed by atoms with E-state index in [0.717, 1.165) is 35.1 Å². The van der Waals surface area contributed by atoms with Crippen molar-refractivity contribution in [1.29, 1.82) is 0 Å². The summed E-state index contributed by atoms with van der Waals surface area (Å²) in [5.41, 5.74) is 4.32. The Labute approximate surface area is 180 Å². The molecule has 1 saturated carbocycles. The smallest absolute Gasteiger partial charge is 0.242 e. The first-order chi connectivity index (χ1) is 14.4. The molecule has 3 rings (SSSR count). The SMILES string of the molecule is Cc1cc(C)cc(CC(=O)N(Cc2ccccc2)[C@@H](C)C(=O)NC2CCCCC2)c1. The van der Waals surface area contributed by atoms with Crippen molar-refractivity contribution >= 4 is 11.8 Å². The predicted molar refractivity (Wildman–Crippen MR) is 121 cm³/mol. The maximum Gasteiger partial charge on any atom is 0.242 e. The summed E-state index contributed by atoms with van der Waals surface area (Å²) in [5, 5.41) is 3.19. The predicted octanol–water partition coefficient (Wildman–Crippen LogP) is 4.71. The molecular formula is C26H34N2O2. The van der Waals surface area contributed by atoms with E-state index < -0.39 is 6.04 Å². The molecule has 0 radical (unpaired) electrons. The molecule has 0 spiro atoms. The molecule has 0 heterocycles. The van der Waals surface area contributed by atoms with Crippen LogP contribution in [0.25, 0.3) is 0 Å². The third-order valence-electron chi connectivity index (χ3n) is 5.95. The van der Waals surface area contributed by atoms with Gasteiger partial charge in [0.2, 0.25) is 11.8 Å². The molecule has 0 unspecified atom stereocenters. The average molecular weight is 407 g/mol. The van der Waals surface area contributed by atoms with Gasteiger partial charge in [0.1, 0.15) is 6.04 Å². The number of rotatable bonds is 7. The minimum absolute atomic E-state index is 0.0184. The summed E-state index contributed by atoms with van der Waals surface area (Å²) in [7, 11) is 0. The number of hydrogen-bond donors (Lipinski definition) is 1. The highest BCUT2D eigenvalue weighted by Crippen LogP contribution is 2.19. The number of nitrogens with one attached hydrogen (secondary N) is 1. The maximum absolute atomic E-state index is 13.3. The Morgan fingerprint density at radius 1 is 0.967 bits per heavy atom. The van der Waals surface area contributed by atoms with Crippen LogP contribution in [0.1, 0.15) is 61.3 Å². The zero-order chi connectivity index (χ0) is 21.5. The second-order valence-corrected chi connectivity index (χ2v) is 8.70. The first-order valence-electron chi connectivity index (χ1n) is 11.1. The Bertz CT molecular complexity index is 836. The second-order valence-electron chi connectivity index (χ2n) is 8.70. The highest BCUT2D eigenvalue weighted by molar-refractivity contribution is 5.88. The first-order valence-corrected chi connectivity index (χ1v) is 11.1. The van der Waals surface area contributed by atoms with E-state index in [-0.39, 0.29) is 17.9 Å². The third kappa shape index (κ3) is 6.19. The van der Waals surface area contributed by atoms with Gasteiger partial charge in [-0.25, -0.2) is 0 Å². The van der Waals surface area contributed by atoms with Gasteiger partial charge in [-0.2, -0.15) is 0 Å². The third-order valence-corrected chi connectivity index (χ3v) is 5.95. The Morgan fingerprint density at radius 3 is 2.23 bits per heavy atom. The summed E-state index contributed by atoms with van der Waals surface area (Å²) in [6.07, 6.45) is 5.95. The van der Waals surface area contributed by atoms with E-state index in [9.17, 15) is 9.59 Å². The molecule has 1 aliphatic carbocycles. The highest BCUT2D eigenvalue weighted by atomic mass is 16.2. The van der Waals surface area contributed by atoms with E-state index >= 15 is 0 Å². The second kappa shape index (κ2) is 10.4. The van der Waals surface area contributed by atoms with Crippen molar-refractivity contribution < 1.29 is 9.59 Å². The van der Waals surface area contributed by atoms with Crippen LogP contribution >= 0.6 is 0 Å². The van der Waals surface area contributed by atoms with Gasteiger partial charge in [-0.05, 0) is 44.7 Å². The molecule has 4 heteroatoms. The standard InChI is InChI=1S/C26H34N2O2/c1-19-14-20(2)16-23(15-19)17-25(29)28(18-22-10-6-4-7-11-22)21(3)26(30)27-24-12-8-5-9-13-24/h4,6-7,10-11,14-16,21,24H,5,8-9,12-13,17-18H2,1-3H3,(H,27,30)/t21-/m0/s1. The van der Waals surface area contributed by atoms with Crippen molar-refractivity contribution in [3.05, 3.63) is 70.8 Å². The van der Waals surface area contributed by atoms with Gasteiger partial charge in [0, 0.05) is 12.6 Å². The van der Waals surface area contributed by atoms with Gasteiger partial charge in [0.05, 0.1) is 6.42 Å².